The van der Waals surface area contributed by atoms with Gasteiger partial charge in [-0.3, -0.25) is 14.9 Å². The van der Waals surface area contributed by atoms with E-state index in [2.05, 4.69) is 36.4 Å². The van der Waals surface area contributed by atoms with Crippen LogP contribution in [0.2, 0.25) is 0 Å². The number of nitrogens with zero attached hydrogens (tertiary/aromatic N) is 2. The molecule has 0 N–H and O–H groups in total. The van der Waals surface area contributed by atoms with Gasteiger partial charge < -0.3 is 4.90 Å². The molecule has 4 aromatic rings. The van der Waals surface area contributed by atoms with Crippen LogP contribution in [0.5, 0.6) is 0 Å². The fourth-order valence-electron chi connectivity index (χ4n) is 4.60. The molecule has 0 spiro atoms. The minimum absolute atomic E-state index is 0.0184. The summed E-state index contributed by atoms with van der Waals surface area (Å²) in [5.74, 6) is -0.220. The van der Waals surface area contributed by atoms with Crippen molar-refractivity contribution in [3.8, 4) is 0 Å². The average Bonchev–Trinajstić information content (AvgIpc) is 2.81. The van der Waals surface area contributed by atoms with Gasteiger partial charge in [0.2, 0.25) is 5.91 Å². The highest BCUT2D eigenvalue weighted by Gasteiger charge is 2.34. The summed E-state index contributed by atoms with van der Waals surface area (Å²) in [5, 5.41) is 13.5. The highest BCUT2D eigenvalue weighted by atomic mass is 16.6. The van der Waals surface area contributed by atoms with Gasteiger partial charge in [-0.2, -0.15) is 0 Å². The Hall–Kier alpha value is -3.99. The highest BCUT2D eigenvalue weighted by molar-refractivity contribution is 6.03. The van der Waals surface area contributed by atoms with Crippen molar-refractivity contribution < 1.29 is 9.72 Å². The molecule has 1 atom stereocenters. The molecule has 1 amide bonds. The molecule has 0 saturated carbocycles. The van der Waals surface area contributed by atoms with Gasteiger partial charge in [0, 0.05) is 30.2 Å². The maximum Gasteiger partial charge on any atom is 0.269 e. The van der Waals surface area contributed by atoms with Gasteiger partial charge in [-0.1, -0.05) is 72.3 Å². The van der Waals surface area contributed by atoms with Crippen LogP contribution < -0.4 is 4.90 Å². The minimum atomic E-state index is -0.387. The van der Waals surface area contributed by atoms with Gasteiger partial charge >= 0.3 is 0 Å². The number of hydrogen-bond acceptors (Lipinski definition) is 3. The van der Waals surface area contributed by atoms with Crippen molar-refractivity contribution in [3.63, 3.8) is 0 Å². The number of nitro benzene ring substituents is 1. The monoisotopic (exact) mass is 422 g/mol. The third-order valence-electron chi connectivity index (χ3n) is 6.21. The number of rotatable bonds is 4. The number of carbonyl (C=O) groups excluding carboxylic acids is 1. The number of nitro groups is 1. The van der Waals surface area contributed by atoms with E-state index in [0.717, 1.165) is 33.2 Å². The van der Waals surface area contributed by atoms with Crippen LogP contribution in [0.1, 0.15) is 34.6 Å². The predicted molar refractivity (Wildman–Crippen MR) is 126 cm³/mol. The lowest BCUT2D eigenvalue weighted by atomic mass is 9.81. The quantitative estimate of drug-likeness (QED) is 0.294. The van der Waals surface area contributed by atoms with Crippen molar-refractivity contribution in [1.29, 1.82) is 0 Å². The fraction of sp³-hybridized carbons (Fsp3) is 0.148. The molecule has 0 saturated heterocycles. The van der Waals surface area contributed by atoms with Gasteiger partial charge in [-0.05, 0) is 40.5 Å². The largest absolute Gasteiger partial charge is 0.308 e. The Morgan fingerprint density at radius 1 is 0.969 bits per heavy atom. The third kappa shape index (κ3) is 3.52. The Labute approximate surface area is 186 Å². The van der Waals surface area contributed by atoms with Crippen LogP contribution in [-0.4, -0.2) is 10.8 Å². The van der Waals surface area contributed by atoms with Crippen LogP contribution in [0.15, 0.2) is 84.9 Å². The second-order valence-corrected chi connectivity index (χ2v) is 8.29. The zero-order valence-electron chi connectivity index (χ0n) is 17.7. The van der Waals surface area contributed by atoms with Crippen molar-refractivity contribution in [3.05, 3.63) is 117 Å². The van der Waals surface area contributed by atoms with Crippen LogP contribution >= 0.6 is 0 Å². The topological polar surface area (TPSA) is 63.5 Å². The molecule has 0 aromatic heterocycles. The molecule has 0 bridgehead atoms. The van der Waals surface area contributed by atoms with E-state index < -0.39 is 0 Å². The van der Waals surface area contributed by atoms with Gasteiger partial charge in [0.15, 0.2) is 0 Å². The third-order valence-corrected chi connectivity index (χ3v) is 6.21. The first-order valence-electron chi connectivity index (χ1n) is 10.6. The Morgan fingerprint density at radius 3 is 2.53 bits per heavy atom. The number of amides is 1. The zero-order chi connectivity index (χ0) is 22.2. The van der Waals surface area contributed by atoms with E-state index in [1.807, 2.05) is 42.2 Å². The van der Waals surface area contributed by atoms with E-state index in [1.54, 1.807) is 12.1 Å². The Balaban J connectivity index is 1.67. The number of hydrogen-bond donors (Lipinski definition) is 0. The molecule has 158 valence electrons. The fourth-order valence-corrected chi connectivity index (χ4v) is 4.60. The molecule has 0 radical (unpaired) electrons. The Kier molecular flexibility index (Phi) is 4.94. The van der Waals surface area contributed by atoms with Gasteiger partial charge in [0.1, 0.15) is 0 Å². The molecule has 5 heteroatoms. The molecule has 32 heavy (non-hydrogen) atoms. The summed E-state index contributed by atoms with van der Waals surface area (Å²) in [4.78, 5) is 26.2. The van der Waals surface area contributed by atoms with E-state index in [4.69, 9.17) is 0 Å². The first kappa shape index (κ1) is 19.9. The molecule has 1 aliphatic rings. The second kappa shape index (κ2) is 7.93. The first-order chi connectivity index (χ1) is 15.5. The van der Waals surface area contributed by atoms with Gasteiger partial charge in [0.25, 0.3) is 5.69 Å². The summed E-state index contributed by atoms with van der Waals surface area (Å²) in [7, 11) is 0. The van der Waals surface area contributed by atoms with Crippen LogP contribution in [0, 0.1) is 17.0 Å². The smallest absolute Gasteiger partial charge is 0.269 e. The van der Waals surface area contributed by atoms with Crippen LogP contribution in [0.3, 0.4) is 0 Å². The standard InChI is InChI=1S/C27H22N2O3/c1-18-9-11-19(12-10-18)17-28-25-14-13-20-5-2-3-8-23(20)27(25)24(16-26(28)30)21-6-4-7-22(15-21)29(31)32/h2-15,24H,16-17H2,1H3. The Morgan fingerprint density at radius 2 is 1.75 bits per heavy atom. The molecule has 4 aromatic carbocycles. The molecule has 1 aliphatic heterocycles. The molecule has 1 heterocycles. The molecular formula is C27H22N2O3. The van der Waals surface area contributed by atoms with E-state index in [9.17, 15) is 14.9 Å². The van der Waals surface area contributed by atoms with E-state index in [-0.39, 0.29) is 28.9 Å². The van der Waals surface area contributed by atoms with E-state index >= 15 is 0 Å². The minimum Gasteiger partial charge on any atom is -0.308 e. The van der Waals surface area contributed by atoms with Crippen molar-refractivity contribution in [2.75, 3.05) is 4.90 Å². The van der Waals surface area contributed by atoms with Gasteiger partial charge in [-0.25, -0.2) is 0 Å². The maximum atomic E-state index is 13.4. The van der Waals surface area contributed by atoms with Crippen LogP contribution in [0.25, 0.3) is 10.8 Å². The molecular weight excluding hydrogens is 400 g/mol. The molecule has 1 unspecified atom stereocenters. The highest BCUT2D eigenvalue weighted by Crippen LogP contribution is 2.44. The second-order valence-electron chi connectivity index (χ2n) is 8.29. The zero-order valence-corrected chi connectivity index (χ0v) is 17.7. The number of anilines is 1. The predicted octanol–water partition coefficient (Wildman–Crippen LogP) is 6.13. The van der Waals surface area contributed by atoms with Crippen LogP contribution in [-0.2, 0) is 11.3 Å². The molecule has 0 fully saturated rings. The number of aryl methyl sites for hydroxylation is 1. The summed E-state index contributed by atoms with van der Waals surface area (Å²) < 4.78 is 0. The van der Waals surface area contributed by atoms with Crippen molar-refractivity contribution >= 4 is 28.1 Å². The number of benzene rings is 4. The van der Waals surface area contributed by atoms with Gasteiger partial charge in [0.05, 0.1) is 11.5 Å². The number of carbonyl (C=O) groups is 1. The summed E-state index contributed by atoms with van der Waals surface area (Å²) in [6.45, 7) is 2.53. The lowest BCUT2D eigenvalue weighted by Gasteiger charge is -2.35. The maximum absolute atomic E-state index is 13.4. The SMILES string of the molecule is Cc1ccc(CN2C(=O)CC(c3cccc([N+](=O)[O-])c3)c3c2ccc2ccccc32)cc1. The van der Waals surface area contributed by atoms with E-state index in [1.165, 1.54) is 11.6 Å². The van der Waals surface area contributed by atoms with Crippen LogP contribution in [0.4, 0.5) is 11.4 Å². The summed E-state index contributed by atoms with van der Waals surface area (Å²) >= 11 is 0. The van der Waals surface area contributed by atoms with Crippen molar-refractivity contribution in [2.24, 2.45) is 0 Å². The van der Waals surface area contributed by atoms with Crippen molar-refractivity contribution in [1.82, 2.24) is 0 Å². The first-order valence-corrected chi connectivity index (χ1v) is 10.6. The Bertz CT molecular complexity index is 1340. The molecule has 5 nitrogen and oxygen atoms in total. The summed E-state index contributed by atoms with van der Waals surface area (Å²) in [6, 6.07) is 27.0. The van der Waals surface area contributed by atoms with Crippen molar-refractivity contribution in [2.45, 2.75) is 25.8 Å². The normalized spacial score (nSPS) is 15.6. The number of fused-ring (bicyclic) bond motifs is 3. The lowest BCUT2D eigenvalue weighted by Crippen LogP contribution is -2.36. The van der Waals surface area contributed by atoms with Gasteiger partial charge in [-0.15, -0.1) is 0 Å². The molecule has 5 rings (SSSR count). The average molecular weight is 422 g/mol. The van der Waals surface area contributed by atoms with E-state index in [0.29, 0.717) is 6.54 Å². The number of non-ortho nitro benzene ring substituents is 1. The summed E-state index contributed by atoms with van der Waals surface area (Å²) in [5.41, 5.74) is 5.00. The lowest BCUT2D eigenvalue weighted by molar-refractivity contribution is -0.384. The molecule has 0 aliphatic carbocycles. The summed E-state index contributed by atoms with van der Waals surface area (Å²) in [6.07, 6.45) is 0.272.